The largest absolute Gasteiger partial charge is 0.508 e. The van der Waals surface area contributed by atoms with Gasteiger partial charge in [-0.2, -0.15) is 0 Å². The molecule has 3 atom stereocenters. The van der Waals surface area contributed by atoms with Crippen LogP contribution in [-0.4, -0.2) is 18.2 Å². The third-order valence-electron chi connectivity index (χ3n) is 5.49. The monoisotopic (exact) mass is 293 g/mol. The van der Waals surface area contributed by atoms with Crippen molar-refractivity contribution in [3.05, 3.63) is 64.7 Å². The molecule has 4 rings (SSSR count). The SMILES string of the molecule is Cc1ccc(C2CC3CCNCC3c3cc(O)ccc32)cc1. The molecular formula is C20H23NO. The molecule has 2 aromatic rings. The molecular weight excluding hydrogens is 270 g/mol. The van der Waals surface area contributed by atoms with Crippen LogP contribution in [0.1, 0.15) is 46.9 Å². The van der Waals surface area contributed by atoms with Crippen molar-refractivity contribution >= 4 is 0 Å². The fourth-order valence-corrected chi connectivity index (χ4v) is 4.30. The number of fused-ring (bicyclic) bond motifs is 3. The van der Waals surface area contributed by atoms with Crippen LogP contribution in [0.25, 0.3) is 0 Å². The zero-order valence-corrected chi connectivity index (χ0v) is 13.0. The van der Waals surface area contributed by atoms with Gasteiger partial charge in [-0.25, -0.2) is 0 Å². The Morgan fingerprint density at radius 1 is 1.05 bits per heavy atom. The molecule has 0 radical (unpaired) electrons. The molecule has 3 unspecified atom stereocenters. The number of phenolic OH excluding ortho intramolecular Hbond substituents is 1. The number of hydrogen-bond acceptors (Lipinski definition) is 2. The Bertz CT molecular complexity index is 677. The van der Waals surface area contributed by atoms with Crippen LogP contribution in [0.3, 0.4) is 0 Å². The minimum Gasteiger partial charge on any atom is -0.508 e. The lowest BCUT2D eigenvalue weighted by Gasteiger charge is -2.41. The molecule has 0 saturated carbocycles. The van der Waals surface area contributed by atoms with Gasteiger partial charge in [0.05, 0.1) is 0 Å². The molecule has 2 aromatic carbocycles. The van der Waals surface area contributed by atoms with E-state index in [0.717, 1.165) is 19.0 Å². The summed E-state index contributed by atoms with van der Waals surface area (Å²) in [5.74, 6) is 2.14. The fourth-order valence-electron chi connectivity index (χ4n) is 4.30. The molecule has 0 bridgehead atoms. The zero-order valence-electron chi connectivity index (χ0n) is 13.0. The van der Waals surface area contributed by atoms with Crippen molar-refractivity contribution in [3.63, 3.8) is 0 Å². The number of aromatic hydroxyl groups is 1. The van der Waals surface area contributed by atoms with Gasteiger partial charge in [-0.1, -0.05) is 35.9 Å². The van der Waals surface area contributed by atoms with Crippen LogP contribution in [0.5, 0.6) is 5.75 Å². The number of nitrogens with one attached hydrogen (secondary N) is 1. The minimum absolute atomic E-state index is 0.396. The molecule has 1 fully saturated rings. The van der Waals surface area contributed by atoms with Crippen LogP contribution < -0.4 is 5.32 Å². The number of rotatable bonds is 1. The highest BCUT2D eigenvalue weighted by atomic mass is 16.3. The Balaban J connectivity index is 1.81. The summed E-state index contributed by atoms with van der Waals surface area (Å²) in [4.78, 5) is 0. The second-order valence-corrected chi connectivity index (χ2v) is 6.87. The van der Waals surface area contributed by atoms with Gasteiger partial charge in [-0.05, 0) is 67.0 Å². The maximum Gasteiger partial charge on any atom is 0.115 e. The lowest BCUT2D eigenvalue weighted by Crippen LogP contribution is -2.38. The van der Waals surface area contributed by atoms with E-state index in [-0.39, 0.29) is 0 Å². The number of piperidine rings is 1. The standard InChI is InChI=1S/C20H23NO/c1-13-2-4-14(5-3-13)18-10-15-8-9-21-12-20(15)19-11-16(22)6-7-17(18)19/h2-7,11,15,18,20-22H,8-10,12H2,1H3. The highest BCUT2D eigenvalue weighted by Gasteiger charge is 2.36. The van der Waals surface area contributed by atoms with Crippen molar-refractivity contribution < 1.29 is 5.11 Å². The summed E-state index contributed by atoms with van der Waals surface area (Å²) in [6.45, 7) is 4.30. The second kappa shape index (κ2) is 5.44. The van der Waals surface area contributed by atoms with E-state index in [0.29, 0.717) is 17.6 Å². The van der Waals surface area contributed by atoms with Gasteiger partial charge in [-0.3, -0.25) is 0 Å². The Morgan fingerprint density at radius 2 is 1.86 bits per heavy atom. The summed E-state index contributed by atoms with van der Waals surface area (Å²) in [5, 5.41) is 13.5. The molecule has 22 heavy (non-hydrogen) atoms. The van der Waals surface area contributed by atoms with E-state index in [1.165, 1.54) is 35.1 Å². The topological polar surface area (TPSA) is 32.3 Å². The molecule has 0 spiro atoms. The van der Waals surface area contributed by atoms with E-state index in [4.69, 9.17) is 0 Å². The van der Waals surface area contributed by atoms with Crippen LogP contribution in [0.15, 0.2) is 42.5 Å². The molecule has 0 amide bonds. The van der Waals surface area contributed by atoms with Crippen LogP contribution >= 0.6 is 0 Å². The van der Waals surface area contributed by atoms with Crippen molar-refractivity contribution in [2.45, 2.75) is 31.6 Å². The zero-order chi connectivity index (χ0) is 15.1. The van der Waals surface area contributed by atoms with Crippen molar-refractivity contribution in [2.75, 3.05) is 13.1 Å². The molecule has 2 heteroatoms. The quantitative estimate of drug-likeness (QED) is 0.835. The predicted molar refractivity (Wildman–Crippen MR) is 89.5 cm³/mol. The van der Waals surface area contributed by atoms with Crippen LogP contribution in [0, 0.1) is 12.8 Å². The Labute approximate surface area is 132 Å². The Hall–Kier alpha value is -1.80. The number of hydrogen-bond donors (Lipinski definition) is 2. The number of aryl methyl sites for hydroxylation is 1. The third kappa shape index (κ3) is 2.32. The molecule has 114 valence electrons. The van der Waals surface area contributed by atoms with E-state index in [1.54, 1.807) is 0 Å². The Kier molecular flexibility index (Phi) is 3.42. The van der Waals surface area contributed by atoms with Crippen molar-refractivity contribution in [2.24, 2.45) is 5.92 Å². The highest BCUT2D eigenvalue weighted by Crippen LogP contribution is 2.48. The molecule has 1 aliphatic carbocycles. The smallest absolute Gasteiger partial charge is 0.115 e. The summed E-state index contributed by atoms with van der Waals surface area (Å²) in [7, 11) is 0. The maximum atomic E-state index is 9.95. The first-order chi connectivity index (χ1) is 10.7. The number of phenols is 1. The maximum absolute atomic E-state index is 9.95. The van der Waals surface area contributed by atoms with Crippen LogP contribution in [0.4, 0.5) is 0 Å². The first kappa shape index (κ1) is 13.8. The second-order valence-electron chi connectivity index (χ2n) is 6.87. The van der Waals surface area contributed by atoms with Gasteiger partial charge in [0, 0.05) is 12.5 Å². The van der Waals surface area contributed by atoms with E-state index in [2.05, 4.69) is 42.6 Å². The van der Waals surface area contributed by atoms with Gasteiger partial charge >= 0.3 is 0 Å². The average Bonchev–Trinajstić information content (AvgIpc) is 2.55. The summed E-state index contributed by atoms with van der Waals surface area (Å²) < 4.78 is 0. The van der Waals surface area contributed by atoms with Crippen molar-refractivity contribution in [3.8, 4) is 5.75 Å². The van der Waals surface area contributed by atoms with E-state index < -0.39 is 0 Å². The van der Waals surface area contributed by atoms with Gasteiger partial charge in [0.1, 0.15) is 5.75 Å². The van der Waals surface area contributed by atoms with Gasteiger partial charge in [0.15, 0.2) is 0 Å². The number of benzene rings is 2. The third-order valence-corrected chi connectivity index (χ3v) is 5.49. The molecule has 2 aliphatic rings. The van der Waals surface area contributed by atoms with Crippen molar-refractivity contribution in [1.29, 1.82) is 0 Å². The molecule has 2 nitrogen and oxygen atoms in total. The van der Waals surface area contributed by atoms with E-state index in [1.807, 2.05) is 12.1 Å². The van der Waals surface area contributed by atoms with Gasteiger partial charge in [0.2, 0.25) is 0 Å². The lowest BCUT2D eigenvalue weighted by atomic mass is 9.66. The average molecular weight is 293 g/mol. The normalized spacial score (nSPS) is 27.0. The summed E-state index contributed by atoms with van der Waals surface area (Å²) >= 11 is 0. The van der Waals surface area contributed by atoms with Gasteiger partial charge in [0.25, 0.3) is 0 Å². The fraction of sp³-hybridized carbons (Fsp3) is 0.400. The molecule has 1 saturated heterocycles. The first-order valence-electron chi connectivity index (χ1n) is 8.32. The minimum atomic E-state index is 0.396. The summed E-state index contributed by atoms with van der Waals surface area (Å²) in [6.07, 6.45) is 2.47. The van der Waals surface area contributed by atoms with Gasteiger partial charge in [-0.15, -0.1) is 0 Å². The summed E-state index contributed by atoms with van der Waals surface area (Å²) in [5.41, 5.74) is 5.49. The lowest BCUT2D eigenvalue weighted by molar-refractivity contribution is 0.277. The predicted octanol–water partition coefficient (Wildman–Crippen LogP) is 3.93. The molecule has 1 heterocycles. The molecule has 0 aromatic heterocycles. The van der Waals surface area contributed by atoms with E-state index in [9.17, 15) is 5.11 Å². The van der Waals surface area contributed by atoms with Gasteiger partial charge < -0.3 is 10.4 Å². The first-order valence-corrected chi connectivity index (χ1v) is 8.32. The Morgan fingerprint density at radius 3 is 2.68 bits per heavy atom. The van der Waals surface area contributed by atoms with Crippen molar-refractivity contribution in [1.82, 2.24) is 5.32 Å². The van der Waals surface area contributed by atoms with E-state index >= 15 is 0 Å². The molecule has 2 N–H and O–H groups in total. The summed E-state index contributed by atoms with van der Waals surface area (Å²) in [6, 6.07) is 15.0. The molecule has 1 aliphatic heterocycles. The van der Waals surface area contributed by atoms with Crippen LogP contribution in [-0.2, 0) is 0 Å². The van der Waals surface area contributed by atoms with Crippen LogP contribution in [0.2, 0.25) is 0 Å². The highest BCUT2D eigenvalue weighted by molar-refractivity contribution is 5.46.